The first kappa shape index (κ1) is 31.5. The second kappa shape index (κ2) is 14.0. The van der Waals surface area contributed by atoms with Crippen LogP contribution in [0.1, 0.15) is 44.7 Å². The SMILES string of the molecule is CC[C@H](C(=O)N[C@@H](C)CC)N(Cc1c(Cl)cccc1Cl)C(=O)CN(c1ccc(C)cc1)S(=O)(=O)c1ccccc1. The van der Waals surface area contributed by atoms with Crippen molar-refractivity contribution in [1.82, 2.24) is 10.2 Å². The summed E-state index contributed by atoms with van der Waals surface area (Å²) in [7, 11) is -4.13. The van der Waals surface area contributed by atoms with Crippen LogP contribution in [-0.4, -0.2) is 43.8 Å². The number of nitrogens with one attached hydrogen (secondary N) is 1. The summed E-state index contributed by atoms with van der Waals surface area (Å²) in [6.45, 7) is 6.92. The van der Waals surface area contributed by atoms with Gasteiger partial charge in [0, 0.05) is 28.2 Å². The molecule has 3 rings (SSSR count). The third-order valence-electron chi connectivity index (χ3n) is 6.71. The molecule has 2 atom stereocenters. The number of carbonyl (C=O) groups excluding carboxylic acids is 2. The average Bonchev–Trinajstić information content (AvgIpc) is 2.93. The van der Waals surface area contributed by atoms with Gasteiger partial charge in [0.2, 0.25) is 11.8 Å². The van der Waals surface area contributed by atoms with Crippen LogP contribution in [0.3, 0.4) is 0 Å². The van der Waals surface area contributed by atoms with Crippen LogP contribution in [0.2, 0.25) is 10.0 Å². The molecule has 2 amide bonds. The van der Waals surface area contributed by atoms with Crippen molar-refractivity contribution in [3.05, 3.63) is 94.0 Å². The van der Waals surface area contributed by atoms with E-state index in [-0.39, 0.29) is 23.4 Å². The molecule has 3 aromatic rings. The van der Waals surface area contributed by atoms with Crippen molar-refractivity contribution in [3.8, 4) is 0 Å². The van der Waals surface area contributed by atoms with Gasteiger partial charge in [0.15, 0.2) is 0 Å². The molecule has 0 aliphatic rings. The molecule has 0 saturated carbocycles. The Morgan fingerprint density at radius 1 is 0.875 bits per heavy atom. The van der Waals surface area contributed by atoms with Crippen molar-refractivity contribution in [3.63, 3.8) is 0 Å². The lowest BCUT2D eigenvalue weighted by atomic mass is 10.1. The quantitative estimate of drug-likeness (QED) is 0.266. The molecule has 0 unspecified atom stereocenters. The fourth-order valence-electron chi connectivity index (χ4n) is 4.17. The maximum atomic E-state index is 14.1. The van der Waals surface area contributed by atoms with Crippen molar-refractivity contribution >= 4 is 50.7 Å². The van der Waals surface area contributed by atoms with Gasteiger partial charge in [-0.2, -0.15) is 0 Å². The van der Waals surface area contributed by atoms with Crippen LogP contribution in [0.15, 0.2) is 77.7 Å². The summed E-state index contributed by atoms with van der Waals surface area (Å²) in [5, 5.41) is 3.63. The van der Waals surface area contributed by atoms with E-state index in [1.54, 1.807) is 67.6 Å². The van der Waals surface area contributed by atoms with Crippen molar-refractivity contribution in [1.29, 1.82) is 0 Å². The van der Waals surface area contributed by atoms with E-state index in [9.17, 15) is 18.0 Å². The largest absolute Gasteiger partial charge is 0.352 e. The molecule has 0 aliphatic heterocycles. The number of benzene rings is 3. The minimum Gasteiger partial charge on any atom is -0.352 e. The van der Waals surface area contributed by atoms with Crippen molar-refractivity contribution in [2.45, 2.75) is 64.1 Å². The van der Waals surface area contributed by atoms with Gasteiger partial charge in [-0.15, -0.1) is 0 Å². The number of aryl methyl sites for hydroxylation is 1. The van der Waals surface area contributed by atoms with E-state index in [1.165, 1.54) is 17.0 Å². The number of halogens is 2. The molecule has 214 valence electrons. The topological polar surface area (TPSA) is 86.8 Å². The molecule has 0 aliphatic carbocycles. The van der Waals surface area contributed by atoms with Crippen molar-refractivity contribution in [2.75, 3.05) is 10.8 Å². The van der Waals surface area contributed by atoms with E-state index in [0.717, 1.165) is 9.87 Å². The van der Waals surface area contributed by atoms with Crippen molar-refractivity contribution < 1.29 is 18.0 Å². The lowest BCUT2D eigenvalue weighted by Crippen LogP contribution is -2.53. The van der Waals surface area contributed by atoms with Gasteiger partial charge < -0.3 is 10.2 Å². The predicted octanol–water partition coefficient (Wildman–Crippen LogP) is 6.22. The normalized spacial score (nSPS) is 12.8. The van der Waals surface area contributed by atoms with Crippen molar-refractivity contribution in [2.24, 2.45) is 0 Å². The summed E-state index contributed by atoms with van der Waals surface area (Å²) < 4.78 is 28.7. The van der Waals surface area contributed by atoms with Crippen LogP contribution >= 0.6 is 23.2 Å². The Kier molecular flexibility index (Phi) is 11.0. The summed E-state index contributed by atoms with van der Waals surface area (Å²) in [5.41, 5.74) is 1.74. The molecule has 0 fully saturated rings. The summed E-state index contributed by atoms with van der Waals surface area (Å²) >= 11 is 12.9. The highest BCUT2D eigenvalue weighted by molar-refractivity contribution is 7.92. The third-order valence-corrected chi connectivity index (χ3v) is 9.21. The molecule has 10 heteroatoms. The number of hydrogen-bond donors (Lipinski definition) is 1. The molecule has 7 nitrogen and oxygen atoms in total. The lowest BCUT2D eigenvalue weighted by Gasteiger charge is -2.34. The summed E-state index contributed by atoms with van der Waals surface area (Å²) in [6.07, 6.45) is 1.01. The Labute approximate surface area is 247 Å². The summed E-state index contributed by atoms with van der Waals surface area (Å²) in [6, 6.07) is 18.8. The summed E-state index contributed by atoms with van der Waals surface area (Å²) in [5.74, 6) is -0.900. The van der Waals surface area contributed by atoms with Gasteiger partial charge in [0.05, 0.1) is 10.6 Å². The number of hydrogen-bond acceptors (Lipinski definition) is 4. The van der Waals surface area contributed by atoms with E-state index in [4.69, 9.17) is 23.2 Å². The predicted molar refractivity (Wildman–Crippen MR) is 161 cm³/mol. The average molecular weight is 605 g/mol. The molecule has 0 bridgehead atoms. The van der Waals surface area contributed by atoms with Crippen LogP contribution in [0.5, 0.6) is 0 Å². The Balaban J connectivity index is 2.08. The monoisotopic (exact) mass is 603 g/mol. The van der Waals surface area contributed by atoms with Gasteiger partial charge in [-0.25, -0.2) is 8.42 Å². The van der Waals surface area contributed by atoms with Crippen LogP contribution in [0, 0.1) is 6.92 Å². The molecular weight excluding hydrogens is 569 g/mol. The lowest BCUT2D eigenvalue weighted by molar-refractivity contribution is -0.140. The summed E-state index contributed by atoms with van der Waals surface area (Å²) in [4.78, 5) is 28.9. The zero-order valence-electron chi connectivity index (χ0n) is 23.1. The second-order valence-electron chi connectivity index (χ2n) is 9.62. The number of anilines is 1. The third kappa shape index (κ3) is 7.56. The fraction of sp³-hybridized carbons (Fsp3) is 0.333. The number of amides is 2. The van der Waals surface area contributed by atoms with Gasteiger partial charge in [0.25, 0.3) is 10.0 Å². The van der Waals surface area contributed by atoms with Crippen LogP contribution in [-0.2, 0) is 26.2 Å². The number of nitrogens with zero attached hydrogens (tertiary/aromatic N) is 2. The van der Waals surface area contributed by atoms with Crippen LogP contribution in [0.4, 0.5) is 5.69 Å². The van der Waals surface area contributed by atoms with Gasteiger partial charge in [-0.3, -0.25) is 13.9 Å². The molecule has 1 N–H and O–H groups in total. The smallest absolute Gasteiger partial charge is 0.264 e. The molecule has 0 saturated heterocycles. The fourth-order valence-corrected chi connectivity index (χ4v) is 6.13. The van der Waals surface area contributed by atoms with Crippen LogP contribution in [0.25, 0.3) is 0 Å². The number of carbonyl (C=O) groups is 2. The highest BCUT2D eigenvalue weighted by Gasteiger charge is 2.34. The van der Waals surface area contributed by atoms with E-state index in [1.807, 2.05) is 20.8 Å². The zero-order valence-corrected chi connectivity index (χ0v) is 25.4. The Bertz CT molecular complexity index is 1400. The molecule has 3 aromatic carbocycles. The first-order valence-corrected chi connectivity index (χ1v) is 15.4. The van der Waals surface area contributed by atoms with E-state index < -0.39 is 28.5 Å². The van der Waals surface area contributed by atoms with E-state index in [2.05, 4.69) is 5.32 Å². The Morgan fingerprint density at radius 2 is 1.48 bits per heavy atom. The maximum absolute atomic E-state index is 14.1. The standard InChI is InChI=1S/C30H35Cl2N3O4S/c1-5-22(4)33-30(37)28(6-2)34(19-25-26(31)13-10-14-27(25)32)29(36)20-35(23-17-15-21(3)16-18-23)40(38,39)24-11-8-7-9-12-24/h7-18,22,28H,5-6,19-20H2,1-4H3,(H,33,37)/t22-,28+/m0/s1. The van der Waals surface area contributed by atoms with E-state index >= 15 is 0 Å². The van der Waals surface area contributed by atoms with Crippen LogP contribution < -0.4 is 9.62 Å². The first-order valence-electron chi connectivity index (χ1n) is 13.2. The molecule has 0 heterocycles. The number of rotatable bonds is 12. The molecule has 0 aromatic heterocycles. The van der Waals surface area contributed by atoms with E-state index in [0.29, 0.717) is 34.1 Å². The molecule has 0 spiro atoms. The Morgan fingerprint density at radius 3 is 2.02 bits per heavy atom. The van der Waals surface area contributed by atoms with Gasteiger partial charge in [-0.05, 0) is 63.1 Å². The highest BCUT2D eigenvalue weighted by atomic mass is 35.5. The molecule has 0 radical (unpaired) electrons. The van der Waals surface area contributed by atoms with Gasteiger partial charge >= 0.3 is 0 Å². The molecular formula is C30H35Cl2N3O4S. The number of sulfonamides is 1. The Hall–Kier alpha value is -3.07. The minimum atomic E-state index is -4.13. The highest BCUT2D eigenvalue weighted by Crippen LogP contribution is 2.29. The van der Waals surface area contributed by atoms with Gasteiger partial charge in [-0.1, -0.05) is 79.0 Å². The maximum Gasteiger partial charge on any atom is 0.264 e. The second-order valence-corrected chi connectivity index (χ2v) is 12.3. The molecule has 40 heavy (non-hydrogen) atoms. The minimum absolute atomic E-state index is 0.0469. The zero-order chi connectivity index (χ0) is 29.4. The first-order chi connectivity index (χ1) is 19.0. The van der Waals surface area contributed by atoms with Gasteiger partial charge in [0.1, 0.15) is 12.6 Å².